The van der Waals surface area contributed by atoms with Crippen molar-refractivity contribution < 1.29 is 9.53 Å². The number of hydrogen-bond acceptors (Lipinski definition) is 3. The fraction of sp³-hybridized carbons (Fsp3) is 0.381. The van der Waals surface area contributed by atoms with E-state index in [0.29, 0.717) is 12.3 Å². The van der Waals surface area contributed by atoms with Crippen molar-refractivity contribution in [2.75, 3.05) is 12.3 Å². The summed E-state index contributed by atoms with van der Waals surface area (Å²) in [5, 5.41) is 3.67. The zero-order valence-electron chi connectivity index (χ0n) is 15.8. The van der Waals surface area contributed by atoms with Gasteiger partial charge >= 0.3 is 0 Å². The lowest BCUT2D eigenvalue weighted by atomic mass is 10.1. The molecule has 2 aromatic rings. The van der Waals surface area contributed by atoms with Crippen molar-refractivity contribution in [1.82, 2.24) is 5.32 Å². The Kier molecular flexibility index (Phi) is 7.85. The molecule has 26 heavy (non-hydrogen) atoms. The Bertz CT molecular complexity index is 740. The van der Waals surface area contributed by atoms with E-state index in [1.54, 1.807) is 6.92 Å². The first-order valence-electron chi connectivity index (χ1n) is 8.71. The van der Waals surface area contributed by atoms with Crippen LogP contribution in [0.1, 0.15) is 29.2 Å². The average molecular weight is 392 g/mol. The van der Waals surface area contributed by atoms with E-state index in [2.05, 4.69) is 36.5 Å². The van der Waals surface area contributed by atoms with Crippen LogP contribution in [0.25, 0.3) is 0 Å². The summed E-state index contributed by atoms with van der Waals surface area (Å²) in [4.78, 5) is 12.2. The lowest BCUT2D eigenvalue weighted by Gasteiger charge is -2.16. The minimum atomic E-state index is -0.545. The Morgan fingerprint density at radius 1 is 1.19 bits per heavy atom. The third kappa shape index (κ3) is 6.26. The Morgan fingerprint density at radius 3 is 2.54 bits per heavy atom. The average Bonchev–Trinajstić information content (AvgIpc) is 2.59. The smallest absolute Gasteiger partial charge is 0.260 e. The molecule has 0 aliphatic heterocycles. The third-order valence-electron chi connectivity index (χ3n) is 3.99. The Balaban J connectivity index is 1.72. The minimum Gasteiger partial charge on any atom is -0.481 e. The molecule has 1 atom stereocenters. The van der Waals surface area contributed by atoms with Crippen LogP contribution >= 0.6 is 23.4 Å². The summed E-state index contributed by atoms with van der Waals surface area (Å²) in [5.74, 6) is 2.38. The van der Waals surface area contributed by atoms with Crippen molar-refractivity contribution in [2.45, 2.75) is 39.6 Å². The normalized spacial score (nSPS) is 11.9. The van der Waals surface area contributed by atoms with Crippen LogP contribution in [0.5, 0.6) is 5.75 Å². The lowest BCUT2D eigenvalue weighted by Crippen LogP contribution is -2.37. The van der Waals surface area contributed by atoms with Gasteiger partial charge in [-0.05, 0) is 56.5 Å². The van der Waals surface area contributed by atoms with Crippen LogP contribution in [0.3, 0.4) is 0 Å². The zero-order valence-corrected chi connectivity index (χ0v) is 17.3. The van der Waals surface area contributed by atoms with Crippen molar-refractivity contribution in [3.8, 4) is 5.75 Å². The van der Waals surface area contributed by atoms with E-state index in [9.17, 15) is 4.79 Å². The van der Waals surface area contributed by atoms with Crippen molar-refractivity contribution >= 4 is 29.3 Å². The van der Waals surface area contributed by atoms with Gasteiger partial charge < -0.3 is 10.1 Å². The van der Waals surface area contributed by atoms with Crippen molar-refractivity contribution in [3.05, 3.63) is 63.7 Å². The van der Waals surface area contributed by atoms with Crippen LogP contribution in [0.15, 0.2) is 36.4 Å². The topological polar surface area (TPSA) is 38.3 Å². The van der Waals surface area contributed by atoms with Crippen LogP contribution in [0.4, 0.5) is 0 Å². The third-order valence-corrected chi connectivity index (χ3v) is 5.62. The second kappa shape index (κ2) is 9.89. The quantitative estimate of drug-likeness (QED) is 0.637. The first kappa shape index (κ1) is 20.7. The summed E-state index contributed by atoms with van der Waals surface area (Å²) in [5.41, 5.74) is 4.48. The summed E-state index contributed by atoms with van der Waals surface area (Å²) in [7, 11) is 0. The second-order valence-electron chi connectivity index (χ2n) is 6.46. The number of amides is 1. The summed E-state index contributed by atoms with van der Waals surface area (Å²) in [6.45, 7) is 8.34. The van der Waals surface area contributed by atoms with Gasteiger partial charge in [0.2, 0.25) is 0 Å². The molecule has 2 rings (SSSR count). The van der Waals surface area contributed by atoms with Crippen molar-refractivity contribution in [1.29, 1.82) is 0 Å². The van der Waals surface area contributed by atoms with E-state index in [4.69, 9.17) is 16.3 Å². The molecular weight excluding hydrogens is 366 g/mol. The molecular formula is C21H26ClNO2S. The van der Waals surface area contributed by atoms with Crippen molar-refractivity contribution in [3.63, 3.8) is 0 Å². The molecule has 2 aromatic carbocycles. The predicted molar refractivity (Wildman–Crippen MR) is 111 cm³/mol. The summed E-state index contributed by atoms with van der Waals surface area (Å²) in [6, 6.07) is 12.2. The number of thioether (sulfide) groups is 1. The Hall–Kier alpha value is -1.65. The number of rotatable bonds is 8. The number of nitrogens with one attached hydrogen (secondary N) is 1. The van der Waals surface area contributed by atoms with Gasteiger partial charge in [0.15, 0.2) is 6.10 Å². The monoisotopic (exact) mass is 391 g/mol. The largest absolute Gasteiger partial charge is 0.481 e. The molecule has 0 fully saturated rings. The maximum Gasteiger partial charge on any atom is 0.260 e. The molecule has 0 aliphatic carbocycles. The minimum absolute atomic E-state index is 0.105. The first-order valence-corrected chi connectivity index (χ1v) is 10.2. The predicted octanol–water partition coefficient (Wildman–Crippen LogP) is 5.08. The molecule has 0 unspecified atom stereocenters. The van der Waals surface area contributed by atoms with E-state index >= 15 is 0 Å². The number of hydrogen-bond donors (Lipinski definition) is 1. The molecule has 0 bridgehead atoms. The maximum atomic E-state index is 12.2. The Morgan fingerprint density at radius 2 is 1.88 bits per heavy atom. The number of benzene rings is 2. The van der Waals surface area contributed by atoms with Crippen LogP contribution < -0.4 is 10.1 Å². The molecule has 0 saturated carbocycles. The van der Waals surface area contributed by atoms with E-state index in [1.807, 2.05) is 37.7 Å². The number of carbonyl (C=O) groups excluding carboxylic acids is 1. The van der Waals surface area contributed by atoms with E-state index in [0.717, 1.165) is 27.7 Å². The van der Waals surface area contributed by atoms with Gasteiger partial charge in [-0.3, -0.25) is 4.79 Å². The highest BCUT2D eigenvalue weighted by molar-refractivity contribution is 7.98. The zero-order chi connectivity index (χ0) is 19.1. The van der Waals surface area contributed by atoms with Gasteiger partial charge in [-0.25, -0.2) is 0 Å². The van der Waals surface area contributed by atoms with Gasteiger partial charge in [0, 0.05) is 23.1 Å². The van der Waals surface area contributed by atoms with Crippen molar-refractivity contribution in [2.24, 2.45) is 0 Å². The highest BCUT2D eigenvalue weighted by Crippen LogP contribution is 2.26. The Labute approximate surface area is 165 Å². The van der Waals surface area contributed by atoms with E-state index < -0.39 is 6.10 Å². The number of ether oxygens (including phenoxy) is 1. The lowest BCUT2D eigenvalue weighted by molar-refractivity contribution is -0.127. The van der Waals surface area contributed by atoms with Gasteiger partial charge in [-0.1, -0.05) is 41.4 Å². The fourth-order valence-corrected chi connectivity index (χ4v) is 3.53. The van der Waals surface area contributed by atoms with Gasteiger partial charge in [-0.15, -0.1) is 0 Å². The SMILES string of the molecule is Cc1cccc(CSCCNC(=O)[C@@H](C)Oc2cc(C)c(Cl)c(C)c2)c1. The summed E-state index contributed by atoms with van der Waals surface area (Å²) < 4.78 is 5.75. The summed E-state index contributed by atoms with van der Waals surface area (Å²) in [6.07, 6.45) is -0.545. The van der Waals surface area contributed by atoms with Gasteiger partial charge in [0.25, 0.3) is 5.91 Å². The van der Waals surface area contributed by atoms with Crippen LogP contribution in [-0.4, -0.2) is 24.3 Å². The van der Waals surface area contributed by atoms with Gasteiger partial charge in [0.1, 0.15) is 5.75 Å². The molecule has 140 valence electrons. The van der Waals surface area contributed by atoms with Crippen LogP contribution in [0.2, 0.25) is 5.02 Å². The molecule has 0 heterocycles. The molecule has 1 N–H and O–H groups in total. The molecule has 0 radical (unpaired) electrons. The highest BCUT2D eigenvalue weighted by atomic mass is 35.5. The number of carbonyl (C=O) groups is 1. The molecule has 0 spiro atoms. The van der Waals surface area contributed by atoms with Crippen LogP contribution in [-0.2, 0) is 10.5 Å². The molecule has 0 aromatic heterocycles. The fourth-order valence-electron chi connectivity index (χ4n) is 2.61. The molecule has 3 nitrogen and oxygen atoms in total. The molecule has 5 heteroatoms. The van der Waals surface area contributed by atoms with E-state index in [-0.39, 0.29) is 5.91 Å². The molecule has 1 amide bonds. The molecule has 0 aliphatic rings. The van der Waals surface area contributed by atoms with Crippen LogP contribution in [0, 0.1) is 20.8 Å². The second-order valence-corrected chi connectivity index (χ2v) is 7.95. The van der Waals surface area contributed by atoms with Gasteiger partial charge in [0.05, 0.1) is 0 Å². The standard InChI is InChI=1S/C21H26ClNO2S/c1-14-6-5-7-18(10-14)13-26-9-8-23-21(24)17(4)25-19-11-15(2)20(22)16(3)12-19/h5-7,10-12,17H,8-9,13H2,1-4H3,(H,23,24)/t17-/m1/s1. The molecule has 0 saturated heterocycles. The van der Waals surface area contributed by atoms with E-state index in [1.165, 1.54) is 11.1 Å². The number of aryl methyl sites for hydroxylation is 3. The highest BCUT2D eigenvalue weighted by Gasteiger charge is 2.15. The van der Waals surface area contributed by atoms with Gasteiger partial charge in [-0.2, -0.15) is 11.8 Å². The number of halogens is 1. The first-order chi connectivity index (χ1) is 12.4. The maximum absolute atomic E-state index is 12.2. The summed E-state index contributed by atoms with van der Waals surface area (Å²) >= 11 is 7.97.